The summed E-state index contributed by atoms with van der Waals surface area (Å²) in [7, 11) is 0. The van der Waals surface area contributed by atoms with E-state index in [1.54, 1.807) is 24.3 Å². The third kappa shape index (κ3) is 6.29. The van der Waals surface area contributed by atoms with Gasteiger partial charge in [-0.3, -0.25) is 9.59 Å². The summed E-state index contributed by atoms with van der Waals surface area (Å²) in [6.45, 7) is 3.51. The molecule has 0 aliphatic carbocycles. The number of carbonyl (C=O) groups is 3. The van der Waals surface area contributed by atoms with Crippen LogP contribution in [0.4, 0.5) is 0 Å². The molecule has 0 bridgehead atoms. The van der Waals surface area contributed by atoms with Crippen LogP contribution >= 0.6 is 11.6 Å². The number of ether oxygens (including phenoxy) is 2. The van der Waals surface area contributed by atoms with Crippen molar-refractivity contribution in [1.29, 1.82) is 0 Å². The monoisotopic (exact) mass is 411 g/mol. The fraction of sp³-hybridized carbons (Fsp3) is 0.550. The van der Waals surface area contributed by atoms with Gasteiger partial charge in [0.15, 0.2) is 5.78 Å². The second-order valence-corrected chi connectivity index (χ2v) is 7.60. The number of nitrogens with one attached hydrogen (secondary N) is 1. The van der Waals surface area contributed by atoms with Gasteiger partial charge in [0.25, 0.3) is 11.7 Å². The Balaban J connectivity index is 1.73. The number of benzene rings is 1. The average molecular weight is 412 g/mol. The van der Waals surface area contributed by atoms with Crippen LogP contribution in [0.15, 0.2) is 24.3 Å². The van der Waals surface area contributed by atoms with Crippen molar-refractivity contribution in [2.24, 2.45) is 5.92 Å². The molecule has 28 heavy (non-hydrogen) atoms. The van der Waals surface area contributed by atoms with E-state index in [0.717, 1.165) is 19.3 Å². The summed E-state index contributed by atoms with van der Waals surface area (Å²) in [5.41, 5.74) is 0.452. The van der Waals surface area contributed by atoms with E-state index in [-0.39, 0.29) is 17.6 Å². The number of Topliss-reactive ketones (excluding diaryl/α,β-unsaturated/α-hetero) is 1. The minimum atomic E-state index is -1.57. The minimum Gasteiger partial charge on any atom is -0.477 e. The summed E-state index contributed by atoms with van der Waals surface area (Å²) < 4.78 is 10.6. The molecule has 0 radical (unpaired) electrons. The van der Waals surface area contributed by atoms with Crippen molar-refractivity contribution in [1.82, 2.24) is 5.32 Å². The van der Waals surface area contributed by atoms with Crippen molar-refractivity contribution < 1.29 is 29.0 Å². The molecule has 0 aromatic heterocycles. The summed E-state index contributed by atoms with van der Waals surface area (Å²) in [6.07, 6.45) is 2.90. The molecular formula is C20H26ClNO6. The highest BCUT2D eigenvalue weighted by Gasteiger charge is 2.40. The number of amides is 1. The molecule has 1 saturated heterocycles. The maximum Gasteiger partial charge on any atom is 0.364 e. The van der Waals surface area contributed by atoms with Gasteiger partial charge in [-0.25, -0.2) is 4.79 Å². The molecule has 7 nitrogen and oxygen atoms in total. The Morgan fingerprint density at radius 3 is 2.36 bits per heavy atom. The van der Waals surface area contributed by atoms with Gasteiger partial charge in [-0.1, -0.05) is 24.4 Å². The van der Waals surface area contributed by atoms with E-state index in [1.807, 2.05) is 0 Å². The highest BCUT2D eigenvalue weighted by atomic mass is 35.5. The molecule has 0 saturated carbocycles. The molecule has 1 heterocycles. The quantitative estimate of drug-likeness (QED) is 0.605. The van der Waals surface area contributed by atoms with E-state index < -0.39 is 17.8 Å². The molecule has 2 rings (SSSR count). The smallest absolute Gasteiger partial charge is 0.364 e. The van der Waals surface area contributed by atoms with Gasteiger partial charge in [0.2, 0.25) is 0 Å². The van der Waals surface area contributed by atoms with Crippen LogP contribution in [-0.4, -0.2) is 47.8 Å². The van der Waals surface area contributed by atoms with Gasteiger partial charge in [0, 0.05) is 23.4 Å². The Kier molecular flexibility index (Phi) is 7.98. The predicted molar refractivity (Wildman–Crippen MR) is 103 cm³/mol. The van der Waals surface area contributed by atoms with Gasteiger partial charge in [-0.05, 0) is 44.0 Å². The molecule has 2 N–H and O–H groups in total. The van der Waals surface area contributed by atoms with Gasteiger partial charge in [-0.15, -0.1) is 0 Å². The number of hydrogen-bond acceptors (Lipinski definition) is 5. The Morgan fingerprint density at radius 2 is 1.82 bits per heavy atom. The molecule has 8 heteroatoms. The summed E-state index contributed by atoms with van der Waals surface area (Å²) in [4.78, 5) is 35.2. The zero-order chi connectivity index (χ0) is 20.7. The van der Waals surface area contributed by atoms with E-state index in [2.05, 4.69) is 5.32 Å². The van der Waals surface area contributed by atoms with Crippen molar-refractivity contribution >= 4 is 29.3 Å². The first-order chi connectivity index (χ1) is 13.2. The maximum atomic E-state index is 12.3. The SMILES string of the molecule is CC(=O)C(CCCCC1COC(C)(C(=O)O)OC1)NC(=O)c1ccc(Cl)cc1. The second-order valence-electron chi connectivity index (χ2n) is 7.17. The lowest BCUT2D eigenvalue weighted by Gasteiger charge is -2.34. The number of hydrogen-bond donors (Lipinski definition) is 2. The number of rotatable bonds is 9. The Morgan fingerprint density at radius 1 is 1.21 bits per heavy atom. The lowest BCUT2D eigenvalue weighted by molar-refractivity contribution is -0.271. The van der Waals surface area contributed by atoms with E-state index in [4.69, 9.17) is 26.2 Å². The molecular weight excluding hydrogens is 386 g/mol. The van der Waals surface area contributed by atoms with Crippen molar-refractivity contribution in [3.05, 3.63) is 34.9 Å². The third-order valence-corrected chi connectivity index (χ3v) is 5.09. The van der Waals surface area contributed by atoms with E-state index in [1.165, 1.54) is 13.8 Å². The van der Waals surface area contributed by atoms with Crippen LogP contribution in [-0.2, 0) is 19.1 Å². The maximum absolute atomic E-state index is 12.3. The molecule has 1 aromatic carbocycles. The van der Waals surface area contributed by atoms with Crippen LogP contribution in [0.25, 0.3) is 0 Å². The lowest BCUT2D eigenvalue weighted by atomic mass is 9.98. The zero-order valence-corrected chi connectivity index (χ0v) is 16.8. The van der Waals surface area contributed by atoms with Gasteiger partial charge >= 0.3 is 5.97 Å². The van der Waals surface area contributed by atoms with Crippen LogP contribution < -0.4 is 5.32 Å². The Bertz CT molecular complexity index is 697. The number of ketones is 1. The zero-order valence-electron chi connectivity index (χ0n) is 16.1. The van der Waals surface area contributed by atoms with Gasteiger partial charge in [-0.2, -0.15) is 0 Å². The topological polar surface area (TPSA) is 102 Å². The van der Waals surface area contributed by atoms with Crippen LogP contribution in [0.3, 0.4) is 0 Å². The molecule has 1 amide bonds. The fourth-order valence-electron chi connectivity index (χ4n) is 2.94. The Labute approximate surface area is 169 Å². The van der Waals surface area contributed by atoms with Gasteiger partial charge < -0.3 is 19.9 Å². The van der Waals surface area contributed by atoms with Crippen molar-refractivity contribution in [2.75, 3.05) is 13.2 Å². The lowest BCUT2D eigenvalue weighted by Crippen LogP contribution is -2.47. The van der Waals surface area contributed by atoms with E-state index >= 15 is 0 Å². The number of unbranched alkanes of at least 4 members (excludes halogenated alkanes) is 1. The van der Waals surface area contributed by atoms with Crippen LogP contribution in [0.5, 0.6) is 0 Å². The van der Waals surface area contributed by atoms with Crippen molar-refractivity contribution in [3.8, 4) is 0 Å². The number of carboxylic acids is 1. The molecule has 1 aliphatic rings. The summed E-state index contributed by atoms with van der Waals surface area (Å²) in [6, 6.07) is 5.94. The van der Waals surface area contributed by atoms with Crippen LogP contribution in [0.2, 0.25) is 5.02 Å². The van der Waals surface area contributed by atoms with Gasteiger partial charge in [0.05, 0.1) is 19.3 Å². The normalized spacial score (nSPS) is 23.0. The molecule has 1 aliphatic heterocycles. The summed E-state index contributed by atoms with van der Waals surface area (Å²) in [5, 5.41) is 12.4. The largest absolute Gasteiger partial charge is 0.477 e. The molecule has 0 spiro atoms. The van der Waals surface area contributed by atoms with E-state index in [0.29, 0.717) is 30.2 Å². The fourth-order valence-corrected chi connectivity index (χ4v) is 3.06. The first-order valence-electron chi connectivity index (χ1n) is 9.29. The predicted octanol–water partition coefficient (Wildman–Crippen LogP) is 3.05. The van der Waals surface area contributed by atoms with Crippen LogP contribution in [0.1, 0.15) is 49.9 Å². The number of aliphatic carboxylic acids is 1. The minimum absolute atomic E-state index is 0.0936. The second kappa shape index (κ2) is 10.0. The average Bonchev–Trinajstić information content (AvgIpc) is 2.65. The summed E-state index contributed by atoms with van der Waals surface area (Å²) in [5.74, 6) is -2.98. The van der Waals surface area contributed by atoms with Crippen LogP contribution in [0, 0.1) is 5.92 Å². The Hall–Kier alpha value is -1.96. The standard InChI is InChI=1S/C20H26ClNO6/c1-13(23)17(22-18(24)15-7-9-16(21)10-8-15)6-4-3-5-14-11-27-20(2,19(25)26)28-12-14/h7-10,14,17H,3-6,11-12H2,1-2H3,(H,22,24)(H,25,26). The summed E-state index contributed by atoms with van der Waals surface area (Å²) >= 11 is 5.82. The van der Waals surface area contributed by atoms with Crippen molar-refractivity contribution in [2.45, 2.75) is 51.4 Å². The van der Waals surface area contributed by atoms with Crippen molar-refractivity contribution in [3.63, 3.8) is 0 Å². The first-order valence-corrected chi connectivity index (χ1v) is 9.67. The first kappa shape index (κ1) is 22.3. The highest BCUT2D eigenvalue weighted by molar-refractivity contribution is 6.30. The molecule has 1 atom stereocenters. The molecule has 1 aromatic rings. The molecule has 1 fully saturated rings. The number of halogens is 1. The van der Waals surface area contributed by atoms with Gasteiger partial charge in [0.1, 0.15) is 0 Å². The highest BCUT2D eigenvalue weighted by Crippen LogP contribution is 2.25. The number of carbonyl (C=O) groups excluding carboxylic acids is 2. The molecule has 154 valence electrons. The number of carboxylic acid groups (broad SMARTS) is 1. The third-order valence-electron chi connectivity index (χ3n) is 4.84. The van der Waals surface area contributed by atoms with E-state index in [9.17, 15) is 14.4 Å². The molecule has 1 unspecified atom stereocenters.